The minimum absolute atomic E-state index is 0.331. The van der Waals surface area contributed by atoms with Crippen LogP contribution in [0.1, 0.15) is 18.4 Å². The summed E-state index contributed by atoms with van der Waals surface area (Å²) in [4.78, 5) is 5.74. The first-order valence-electron chi connectivity index (χ1n) is 6.99. The van der Waals surface area contributed by atoms with Crippen LogP contribution in [-0.2, 0) is 6.42 Å². The van der Waals surface area contributed by atoms with Gasteiger partial charge in [0.05, 0.1) is 0 Å². The fraction of sp³-hybridized carbons (Fsp3) is 0.467. The summed E-state index contributed by atoms with van der Waals surface area (Å²) in [5, 5.41) is 10.7. The molecule has 1 aromatic heterocycles. The number of likely N-dealkylation sites (tertiary alicyclic amines) is 1. The number of hydrogen-bond donors (Lipinski definition) is 3. The maximum Gasteiger partial charge on any atom is 0.116 e. The number of fused-ring (bicyclic) bond motifs is 1. The van der Waals surface area contributed by atoms with Crippen molar-refractivity contribution in [1.82, 2.24) is 9.88 Å². The lowest BCUT2D eigenvalue weighted by Crippen LogP contribution is -2.40. The SMILES string of the molecule is NC1CCN(CCc2c[nH]c3ccc(O)cc23)CC1. The third kappa shape index (κ3) is 2.74. The molecular formula is C15H21N3O. The summed E-state index contributed by atoms with van der Waals surface area (Å²) in [6.45, 7) is 3.28. The zero-order chi connectivity index (χ0) is 13.2. The molecule has 1 fully saturated rings. The number of aromatic amines is 1. The molecule has 19 heavy (non-hydrogen) atoms. The first-order valence-corrected chi connectivity index (χ1v) is 6.99. The molecular weight excluding hydrogens is 238 g/mol. The summed E-state index contributed by atoms with van der Waals surface area (Å²) in [6.07, 6.45) is 5.28. The Morgan fingerprint density at radius 1 is 1.32 bits per heavy atom. The lowest BCUT2D eigenvalue weighted by molar-refractivity contribution is 0.216. The number of nitrogens with zero attached hydrogens (tertiary/aromatic N) is 1. The normalized spacial score (nSPS) is 18.2. The van der Waals surface area contributed by atoms with Gasteiger partial charge in [-0.1, -0.05) is 0 Å². The Morgan fingerprint density at radius 2 is 2.11 bits per heavy atom. The van der Waals surface area contributed by atoms with E-state index >= 15 is 0 Å². The van der Waals surface area contributed by atoms with Gasteiger partial charge in [0, 0.05) is 29.7 Å². The lowest BCUT2D eigenvalue weighted by Gasteiger charge is -2.29. The van der Waals surface area contributed by atoms with Gasteiger partial charge < -0.3 is 20.7 Å². The lowest BCUT2D eigenvalue weighted by atomic mass is 10.0. The molecule has 2 aromatic rings. The van der Waals surface area contributed by atoms with Gasteiger partial charge in [-0.05, 0) is 56.1 Å². The maximum atomic E-state index is 9.58. The summed E-state index contributed by atoms with van der Waals surface area (Å²) in [7, 11) is 0. The second-order valence-electron chi connectivity index (χ2n) is 5.47. The number of H-pyrrole nitrogens is 1. The number of phenolic OH excluding ortho intramolecular Hbond substituents is 1. The van der Waals surface area contributed by atoms with Gasteiger partial charge in [0.15, 0.2) is 0 Å². The number of rotatable bonds is 3. The quantitative estimate of drug-likeness (QED) is 0.788. The van der Waals surface area contributed by atoms with Crippen LogP contribution < -0.4 is 5.73 Å². The molecule has 0 bridgehead atoms. The number of aromatic hydroxyl groups is 1. The van der Waals surface area contributed by atoms with Crippen LogP contribution >= 0.6 is 0 Å². The number of aromatic nitrogens is 1. The Morgan fingerprint density at radius 3 is 2.89 bits per heavy atom. The average molecular weight is 259 g/mol. The van der Waals surface area contributed by atoms with Gasteiger partial charge in [0.25, 0.3) is 0 Å². The van der Waals surface area contributed by atoms with Crippen molar-refractivity contribution in [1.29, 1.82) is 0 Å². The number of piperidine rings is 1. The fourth-order valence-corrected chi connectivity index (χ4v) is 2.83. The van der Waals surface area contributed by atoms with Crippen molar-refractivity contribution >= 4 is 10.9 Å². The van der Waals surface area contributed by atoms with Crippen molar-refractivity contribution in [2.24, 2.45) is 5.73 Å². The smallest absolute Gasteiger partial charge is 0.116 e. The monoisotopic (exact) mass is 259 g/mol. The number of benzene rings is 1. The minimum atomic E-state index is 0.331. The Labute approximate surface area is 113 Å². The van der Waals surface area contributed by atoms with Crippen molar-refractivity contribution in [3.63, 3.8) is 0 Å². The molecule has 0 amide bonds. The van der Waals surface area contributed by atoms with E-state index in [0.29, 0.717) is 11.8 Å². The van der Waals surface area contributed by atoms with Gasteiger partial charge in [-0.25, -0.2) is 0 Å². The first kappa shape index (κ1) is 12.5. The molecule has 0 aliphatic carbocycles. The van der Waals surface area contributed by atoms with E-state index in [4.69, 9.17) is 5.73 Å². The molecule has 0 saturated carbocycles. The highest BCUT2D eigenvalue weighted by Gasteiger charge is 2.16. The third-order valence-electron chi connectivity index (χ3n) is 4.08. The first-order chi connectivity index (χ1) is 9.22. The minimum Gasteiger partial charge on any atom is -0.508 e. The van der Waals surface area contributed by atoms with Crippen LogP contribution in [0.4, 0.5) is 0 Å². The van der Waals surface area contributed by atoms with E-state index < -0.39 is 0 Å². The number of phenols is 1. The van der Waals surface area contributed by atoms with E-state index in [0.717, 1.165) is 49.8 Å². The third-order valence-corrected chi connectivity index (χ3v) is 4.08. The molecule has 4 N–H and O–H groups in total. The molecule has 4 nitrogen and oxygen atoms in total. The topological polar surface area (TPSA) is 65.3 Å². The molecule has 1 aliphatic heterocycles. The largest absolute Gasteiger partial charge is 0.508 e. The van der Waals surface area contributed by atoms with Crippen molar-refractivity contribution in [2.75, 3.05) is 19.6 Å². The van der Waals surface area contributed by atoms with Crippen LogP contribution in [0.5, 0.6) is 5.75 Å². The highest BCUT2D eigenvalue weighted by Crippen LogP contribution is 2.23. The van der Waals surface area contributed by atoms with E-state index in [1.165, 1.54) is 5.56 Å². The Kier molecular flexibility index (Phi) is 3.44. The molecule has 0 radical (unpaired) electrons. The standard InChI is InChI=1S/C15H21N3O/c16-12-4-7-18(8-5-12)6-3-11-10-17-15-2-1-13(19)9-14(11)15/h1-2,9-10,12,17,19H,3-8,16H2. The van der Waals surface area contributed by atoms with Gasteiger partial charge in [-0.15, -0.1) is 0 Å². The van der Waals surface area contributed by atoms with Crippen LogP contribution in [0, 0.1) is 0 Å². The van der Waals surface area contributed by atoms with Gasteiger partial charge in [0.2, 0.25) is 0 Å². The summed E-state index contributed by atoms with van der Waals surface area (Å²) < 4.78 is 0. The fourth-order valence-electron chi connectivity index (χ4n) is 2.83. The van der Waals surface area contributed by atoms with E-state index in [9.17, 15) is 5.11 Å². The van der Waals surface area contributed by atoms with Crippen molar-refractivity contribution in [3.05, 3.63) is 30.0 Å². The van der Waals surface area contributed by atoms with Crippen LogP contribution in [0.15, 0.2) is 24.4 Å². The zero-order valence-corrected chi connectivity index (χ0v) is 11.1. The van der Waals surface area contributed by atoms with Gasteiger partial charge in [0.1, 0.15) is 5.75 Å². The summed E-state index contributed by atoms with van der Waals surface area (Å²) in [5.74, 6) is 0.331. The van der Waals surface area contributed by atoms with Gasteiger partial charge in [-0.3, -0.25) is 0 Å². The Balaban J connectivity index is 1.67. The molecule has 1 aliphatic rings. The molecule has 1 aromatic carbocycles. The van der Waals surface area contributed by atoms with E-state index in [1.54, 1.807) is 6.07 Å². The highest BCUT2D eigenvalue weighted by molar-refractivity contribution is 5.84. The molecule has 3 rings (SSSR count). The van der Waals surface area contributed by atoms with Gasteiger partial charge in [-0.2, -0.15) is 0 Å². The summed E-state index contributed by atoms with van der Waals surface area (Å²) >= 11 is 0. The second kappa shape index (κ2) is 5.23. The Hall–Kier alpha value is -1.52. The average Bonchev–Trinajstić information content (AvgIpc) is 2.80. The highest BCUT2D eigenvalue weighted by atomic mass is 16.3. The van der Waals surface area contributed by atoms with E-state index in [1.807, 2.05) is 12.1 Å². The second-order valence-corrected chi connectivity index (χ2v) is 5.47. The van der Waals surface area contributed by atoms with Gasteiger partial charge >= 0.3 is 0 Å². The van der Waals surface area contributed by atoms with Crippen molar-refractivity contribution in [2.45, 2.75) is 25.3 Å². The number of hydrogen-bond acceptors (Lipinski definition) is 3. The number of nitrogens with two attached hydrogens (primary N) is 1. The molecule has 1 saturated heterocycles. The summed E-state index contributed by atoms with van der Waals surface area (Å²) in [6, 6.07) is 5.87. The van der Waals surface area contributed by atoms with E-state index in [-0.39, 0.29) is 0 Å². The summed E-state index contributed by atoms with van der Waals surface area (Å²) in [5.41, 5.74) is 8.29. The van der Waals surface area contributed by atoms with Crippen LogP contribution in [0.3, 0.4) is 0 Å². The predicted octanol–water partition coefficient (Wildman–Crippen LogP) is 1.84. The molecule has 4 heteroatoms. The molecule has 0 spiro atoms. The zero-order valence-electron chi connectivity index (χ0n) is 11.1. The van der Waals surface area contributed by atoms with Crippen LogP contribution in [0.2, 0.25) is 0 Å². The molecule has 102 valence electrons. The Bertz CT molecular complexity index is 556. The predicted molar refractivity (Wildman–Crippen MR) is 77.3 cm³/mol. The van der Waals surface area contributed by atoms with Crippen molar-refractivity contribution in [3.8, 4) is 5.75 Å². The van der Waals surface area contributed by atoms with Crippen LogP contribution in [-0.4, -0.2) is 40.7 Å². The number of nitrogens with one attached hydrogen (secondary N) is 1. The van der Waals surface area contributed by atoms with Crippen LogP contribution in [0.25, 0.3) is 10.9 Å². The molecule has 0 atom stereocenters. The molecule has 0 unspecified atom stereocenters. The van der Waals surface area contributed by atoms with Crippen molar-refractivity contribution < 1.29 is 5.11 Å². The molecule has 2 heterocycles. The maximum absolute atomic E-state index is 9.58. The van der Waals surface area contributed by atoms with E-state index in [2.05, 4.69) is 16.1 Å².